The molecule has 1 atom stereocenters. The summed E-state index contributed by atoms with van der Waals surface area (Å²) in [6, 6.07) is 0. The monoisotopic (exact) mass is 316 g/mol. The minimum Gasteiger partial charge on any atom is -0.466 e. The fourth-order valence-electron chi connectivity index (χ4n) is 2.54. The van der Waals surface area contributed by atoms with Crippen molar-refractivity contribution in [2.24, 2.45) is 0 Å². The number of carbonyl (C=O) groups excluding carboxylic acids is 1. The molecular weight excluding hydrogens is 280 g/mol. The van der Waals surface area contributed by atoms with Gasteiger partial charge >= 0.3 is 5.97 Å². The lowest BCUT2D eigenvalue weighted by molar-refractivity contribution is -0.143. The van der Waals surface area contributed by atoms with Crippen LogP contribution in [0.5, 0.6) is 0 Å². The lowest BCUT2D eigenvalue weighted by Gasteiger charge is -2.09. The van der Waals surface area contributed by atoms with E-state index in [1.165, 1.54) is 64.2 Å². The second-order valence-electron chi connectivity index (χ2n) is 5.97. The van der Waals surface area contributed by atoms with Gasteiger partial charge in [0.2, 0.25) is 0 Å². The molecule has 0 N–H and O–H groups in total. The summed E-state index contributed by atoms with van der Waals surface area (Å²) in [5.74, 6) is -0.0413. The van der Waals surface area contributed by atoms with Gasteiger partial charge in [-0.25, -0.2) is 0 Å². The van der Waals surface area contributed by atoms with Gasteiger partial charge in [-0.15, -0.1) is 0 Å². The lowest BCUT2D eigenvalue weighted by Crippen LogP contribution is -2.03. The number of thiol groups is 1. The number of hydrogen-bond acceptors (Lipinski definition) is 3. The summed E-state index contributed by atoms with van der Waals surface area (Å²) in [5.41, 5.74) is 0. The number of ether oxygens (including phenoxy) is 1. The van der Waals surface area contributed by atoms with Crippen molar-refractivity contribution >= 4 is 18.6 Å². The summed E-state index contributed by atoms with van der Waals surface area (Å²) in [7, 11) is 0. The Morgan fingerprint density at radius 3 is 1.95 bits per heavy atom. The summed E-state index contributed by atoms with van der Waals surface area (Å²) in [4.78, 5) is 11.1. The molecule has 0 aliphatic carbocycles. The smallest absolute Gasteiger partial charge is 0.305 e. The quantitative estimate of drug-likeness (QED) is 0.230. The Hall–Kier alpha value is -0.180. The highest BCUT2D eigenvalue weighted by atomic mass is 32.1. The van der Waals surface area contributed by atoms with Crippen molar-refractivity contribution in [1.82, 2.24) is 0 Å². The molecular formula is C18H36O2S. The third-order valence-corrected chi connectivity index (χ3v) is 4.38. The van der Waals surface area contributed by atoms with Gasteiger partial charge in [-0.3, -0.25) is 4.79 Å². The maximum atomic E-state index is 11.1. The zero-order valence-electron chi connectivity index (χ0n) is 14.2. The summed E-state index contributed by atoms with van der Waals surface area (Å²) in [5, 5.41) is 0.612. The first-order chi connectivity index (χ1) is 10.2. The van der Waals surface area contributed by atoms with Crippen LogP contribution in [0.3, 0.4) is 0 Å². The molecule has 2 nitrogen and oxygen atoms in total. The highest BCUT2D eigenvalue weighted by Crippen LogP contribution is 2.17. The highest BCUT2D eigenvalue weighted by molar-refractivity contribution is 7.80. The first-order valence-electron chi connectivity index (χ1n) is 9.04. The molecule has 0 heterocycles. The molecule has 0 rings (SSSR count). The third-order valence-electron chi connectivity index (χ3n) is 3.86. The molecule has 0 aromatic carbocycles. The molecule has 3 heteroatoms. The number of esters is 1. The molecule has 0 saturated carbocycles. The maximum absolute atomic E-state index is 11.1. The van der Waals surface area contributed by atoms with Gasteiger partial charge in [-0.2, -0.15) is 12.6 Å². The Morgan fingerprint density at radius 1 is 0.857 bits per heavy atom. The first-order valence-corrected chi connectivity index (χ1v) is 9.56. The van der Waals surface area contributed by atoms with Crippen molar-refractivity contribution in [1.29, 1.82) is 0 Å². The molecule has 0 bridgehead atoms. The second-order valence-corrected chi connectivity index (χ2v) is 6.70. The van der Waals surface area contributed by atoms with Crippen LogP contribution in [0.25, 0.3) is 0 Å². The minimum atomic E-state index is -0.0413. The normalized spacial score (nSPS) is 12.3. The van der Waals surface area contributed by atoms with Crippen LogP contribution in [-0.2, 0) is 9.53 Å². The lowest BCUT2D eigenvalue weighted by atomic mass is 10.0. The minimum absolute atomic E-state index is 0.0413. The molecule has 1 unspecified atom stereocenters. The van der Waals surface area contributed by atoms with Gasteiger partial charge in [0.05, 0.1) is 6.61 Å². The van der Waals surface area contributed by atoms with Crippen LogP contribution in [0.2, 0.25) is 0 Å². The van der Waals surface area contributed by atoms with Gasteiger partial charge in [-0.05, 0) is 26.2 Å². The van der Waals surface area contributed by atoms with Gasteiger partial charge in [0, 0.05) is 11.7 Å². The average molecular weight is 317 g/mol. The molecule has 0 aliphatic rings. The Bertz CT molecular complexity index is 231. The van der Waals surface area contributed by atoms with E-state index in [0.717, 1.165) is 12.8 Å². The van der Waals surface area contributed by atoms with Crippen LogP contribution >= 0.6 is 12.6 Å². The van der Waals surface area contributed by atoms with Gasteiger partial charge in [0.15, 0.2) is 0 Å². The van der Waals surface area contributed by atoms with E-state index in [4.69, 9.17) is 4.74 Å². The summed E-state index contributed by atoms with van der Waals surface area (Å²) in [6.45, 7) is 4.61. The van der Waals surface area contributed by atoms with E-state index in [9.17, 15) is 4.79 Å². The van der Waals surface area contributed by atoms with E-state index in [1.54, 1.807) is 0 Å². The van der Waals surface area contributed by atoms with Crippen LogP contribution in [0, 0.1) is 0 Å². The predicted molar refractivity (Wildman–Crippen MR) is 95.1 cm³/mol. The largest absolute Gasteiger partial charge is 0.466 e. The number of rotatable bonds is 15. The summed E-state index contributed by atoms with van der Waals surface area (Å²) < 4.78 is 4.91. The van der Waals surface area contributed by atoms with Gasteiger partial charge in [0.1, 0.15) is 0 Å². The van der Waals surface area contributed by atoms with Crippen molar-refractivity contribution in [2.75, 3.05) is 6.61 Å². The van der Waals surface area contributed by atoms with E-state index in [2.05, 4.69) is 19.6 Å². The van der Waals surface area contributed by atoms with E-state index < -0.39 is 0 Å². The van der Waals surface area contributed by atoms with Crippen LogP contribution in [0.4, 0.5) is 0 Å². The van der Waals surface area contributed by atoms with Gasteiger partial charge in [0.25, 0.3) is 0 Å². The standard InChI is InChI=1S/C18H36O2S/c1-3-5-11-14-17(21)15-12-9-7-6-8-10-13-16-18(19)20-4-2/h17,21H,3-16H2,1-2H3. The fourth-order valence-corrected chi connectivity index (χ4v) is 2.91. The molecule has 0 fully saturated rings. The zero-order chi connectivity index (χ0) is 15.8. The van der Waals surface area contributed by atoms with Crippen molar-refractivity contribution in [3.63, 3.8) is 0 Å². The van der Waals surface area contributed by atoms with Crippen LogP contribution in [0.1, 0.15) is 97.3 Å². The predicted octanol–water partition coefficient (Wildman–Crippen LogP) is 5.94. The SMILES string of the molecule is CCCCCC(S)CCCCCCCCCC(=O)OCC. The molecule has 0 aromatic heterocycles. The average Bonchev–Trinajstić information content (AvgIpc) is 2.46. The molecule has 21 heavy (non-hydrogen) atoms. The van der Waals surface area contributed by atoms with Crippen molar-refractivity contribution in [3.8, 4) is 0 Å². The fraction of sp³-hybridized carbons (Fsp3) is 0.944. The second kappa shape index (κ2) is 16.2. The zero-order valence-corrected chi connectivity index (χ0v) is 15.1. The van der Waals surface area contributed by atoms with Crippen molar-refractivity contribution < 1.29 is 9.53 Å². The number of carbonyl (C=O) groups is 1. The molecule has 0 aromatic rings. The molecule has 0 saturated heterocycles. The number of hydrogen-bond donors (Lipinski definition) is 1. The topological polar surface area (TPSA) is 26.3 Å². The van der Waals surface area contributed by atoms with Crippen LogP contribution < -0.4 is 0 Å². The van der Waals surface area contributed by atoms with Crippen molar-refractivity contribution in [3.05, 3.63) is 0 Å². The van der Waals surface area contributed by atoms with E-state index in [1.807, 2.05) is 6.92 Å². The van der Waals surface area contributed by atoms with E-state index in [0.29, 0.717) is 18.3 Å². The van der Waals surface area contributed by atoms with Gasteiger partial charge in [-0.1, -0.05) is 64.7 Å². The molecule has 0 aliphatic heterocycles. The molecule has 0 amide bonds. The summed E-state index contributed by atoms with van der Waals surface area (Å²) in [6.07, 6.45) is 15.8. The van der Waals surface area contributed by atoms with Crippen LogP contribution in [0.15, 0.2) is 0 Å². The number of unbranched alkanes of at least 4 members (excludes halogenated alkanes) is 8. The van der Waals surface area contributed by atoms with E-state index >= 15 is 0 Å². The first kappa shape index (κ1) is 20.8. The molecule has 0 radical (unpaired) electrons. The summed E-state index contributed by atoms with van der Waals surface area (Å²) >= 11 is 4.67. The molecule has 126 valence electrons. The van der Waals surface area contributed by atoms with Crippen molar-refractivity contribution in [2.45, 2.75) is 103 Å². The maximum Gasteiger partial charge on any atom is 0.305 e. The Kier molecular flexibility index (Phi) is 16.1. The van der Waals surface area contributed by atoms with Gasteiger partial charge < -0.3 is 4.74 Å². The Morgan fingerprint density at radius 2 is 1.38 bits per heavy atom. The highest BCUT2D eigenvalue weighted by Gasteiger charge is 2.03. The Balaban J connectivity index is 3.16. The van der Waals surface area contributed by atoms with E-state index in [-0.39, 0.29) is 5.97 Å². The van der Waals surface area contributed by atoms with Crippen LogP contribution in [-0.4, -0.2) is 17.8 Å². The molecule has 0 spiro atoms. The third kappa shape index (κ3) is 16.0. The Labute approximate surface area is 137 Å².